The van der Waals surface area contributed by atoms with E-state index in [4.69, 9.17) is 5.53 Å². The van der Waals surface area contributed by atoms with E-state index in [1.165, 1.54) is 0 Å². The molecule has 0 amide bonds. The van der Waals surface area contributed by atoms with Crippen LogP contribution in [0.4, 0.5) is 0 Å². The van der Waals surface area contributed by atoms with Crippen LogP contribution in [0, 0.1) is 0 Å². The number of fused-ring (bicyclic) bond motifs is 1. The van der Waals surface area contributed by atoms with Crippen molar-refractivity contribution in [3.8, 4) is 0 Å². The fraction of sp³-hybridized carbons (Fsp3) is 0.250. The van der Waals surface area contributed by atoms with Crippen molar-refractivity contribution in [2.75, 3.05) is 0 Å². The highest BCUT2D eigenvalue weighted by molar-refractivity contribution is 5.78. The molecule has 0 spiro atoms. The Morgan fingerprint density at radius 3 is 3.06 bits per heavy atom. The first-order valence-corrected chi connectivity index (χ1v) is 5.17. The third-order valence-corrected chi connectivity index (χ3v) is 2.43. The van der Waals surface area contributed by atoms with Crippen LogP contribution in [0.25, 0.3) is 21.3 Å². The molecule has 4 heteroatoms. The highest BCUT2D eigenvalue weighted by atomic mass is 15.1. The monoisotopic (exact) mass is 212 g/mol. The molecule has 0 N–H and O–H groups in total. The Morgan fingerprint density at radius 1 is 1.44 bits per heavy atom. The van der Waals surface area contributed by atoms with Gasteiger partial charge in [-0.15, -0.1) is 0 Å². The van der Waals surface area contributed by atoms with E-state index in [1.807, 2.05) is 37.4 Å². The lowest BCUT2D eigenvalue weighted by Gasteiger charge is -2.05. The summed E-state index contributed by atoms with van der Waals surface area (Å²) < 4.78 is 0. The minimum atomic E-state index is -0.0343. The molecule has 1 aromatic heterocycles. The van der Waals surface area contributed by atoms with Crippen molar-refractivity contribution in [3.63, 3.8) is 0 Å². The van der Waals surface area contributed by atoms with Crippen molar-refractivity contribution in [1.82, 2.24) is 4.98 Å². The molecule has 0 radical (unpaired) electrons. The number of para-hydroxylation sites is 1. The summed E-state index contributed by atoms with van der Waals surface area (Å²) in [7, 11) is 0. The molecule has 0 bridgehead atoms. The minimum absolute atomic E-state index is 0.0343. The summed E-state index contributed by atoms with van der Waals surface area (Å²) in [6.45, 7) is 1.90. The van der Waals surface area contributed by atoms with Crippen molar-refractivity contribution >= 4 is 10.9 Å². The molecule has 0 fully saturated rings. The topological polar surface area (TPSA) is 61.7 Å². The molecule has 2 aromatic rings. The van der Waals surface area contributed by atoms with E-state index in [2.05, 4.69) is 21.1 Å². The fourth-order valence-corrected chi connectivity index (χ4v) is 1.70. The molecule has 4 nitrogen and oxygen atoms in total. The average molecular weight is 212 g/mol. The maximum atomic E-state index is 8.33. The highest BCUT2D eigenvalue weighted by Crippen LogP contribution is 2.14. The molecule has 1 atom stereocenters. The van der Waals surface area contributed by atoms with Gasteiger partial charge in [0.15, 0.2) is 0 Å². The van der Waals surface area contributed by atoms with Gasteiger partial charge >= 0.3 is 0 Å². The van der Waals surface area contributed by atoms with Crippen LogP contribution in [-0.4, -0.2) is 11.0 Å². The number of nitrogens with zero attached hydrogens (tertiary/aromatic N) is 4. The zero-order valence-electron chi connectivity index (χ0n) is 9.04. The Morgan fingerprint density at radius 2 is 2.25 bits per heavy atom. The van der Waals surface area contributed by atoms with Gasteiger partial charge in [0.2, 0.25) is 0 Å². The Kier molecular flexibility index (Phi) is 3.03. The van der Waals surface area contributed by atoms with E-state index in [1.54, 1.807) is 0 Å². The third kappa shape index (κ3) is 2.30. The van der Waals surface area contributed by atoms with E-state index >= 15 is 0 Å². The zero-order chi connectivity index (χ0) is 11.4. The summed E-state index contributed by atoms with van der Waals surface area (Å²) in [6, 6.07) is 10.0. The van der Waals surface area contributed by atoms with Gasteiger partial charge in [0.05, 0.1) is 5.52 Å². The molecular weight excluding hydrogens is 200 g/mol. The van der Waals surface area contributed by atoms with Crippen molar-refractivity contribution in [2.24, 2.45) is 5.11 Å². The predicted octanol–water partition coefficient (Wildman–Crippen LogP) is 3.48. The third-order valence-electron chi connectivity index (χ3n) is 2.43. The van der Waals surface area contributed by atoms with E-state index < -0.39 is 0 Å². The number of hydrogen-bond donors (Lipinski definition) is 0. The summed E-state index contributed by atoms with van der Waals surface area (Å²) in [6.07, 6.45) is 2.56. The highest BCUT2D eigenvalue weighted by Gasteiger charge is 2.02. The summed E-state index contributed by atoms with van der Waals surface area (Å²) in [5.74, 6) is 0. The van der Waals surface area contributed by atoms with Gasteiger partial charge in [0.25, 0.3) is 0 Å². The van der Waals surface area contributed by atoms with Crippen molar-refractivity contribution in [2.45, 2.75) is 19.4 Å². The fourth-order valence-electron chi connectivity index (χ4n) is 1.70. The molecule has 1 unspecified atom stereocenters. The molecule has 0 aliphatic carbocycles. The Balaban J connectivity index is 2.29. The summed E-state index contributed by atoms with van der Waals surface area (Å²) in [4.78, 5) is 7.16. The molecule has 80 valence electrons. The number of rotatable bonds is 3. The maximum absolute atomic E-state index is 8.33. The second-order valence-corrected chi connectivity index (χ2v) is 3.79. The first kappa shape index (κ1) is 10.5. The summed E-state index contributed by atoms with van der Waals surface area (Å²) >= 11 is 0. The van der Waals surface area contributed by atoms with Crippen molar-refractivity contribution < 1.29 is 0 Å². The van der Waals surface area contributed by atoms with Gasteiger partial charge < -0.3 is 0 Å². The second-order valence-electron chi connectivity index (χ2n) is 3.79. The minimum Gasteiger partial charge on any atom is -0.256 e. The lowest BCUT2D eigenvalue weighted by Crippen LogP contribution is -2.01. The van der Waals surface area contributed by atoms with Gasteiger partial charge in [0.1, 0.15) is 0 Å². The van der Waals surface area contributed by atoms with Gasteiger partial charge in [-0.05, 0) is 29.6 Å². The van der Waals surface area contributed by atoms with Gasteiger partial charge in [-0.3, -0.25) is 4.98 Å². The number of aromatic nitrogens is 1. The van der Waals surface area contributed by atoms with Crippen LogP contribution in [0.3, 0.4) is 0 Å². The number of pyridine rings is 1. The normalized spacial score (nSPS) is 12.1. The largest absolute Gasteiger partial charge is 0.256 e. The molecule has 1 aromatic carbocycles. The standard InChI is InChI=1S/C12H12N4/c1-9(15-16-13)6-10-7-11-4-2-3-5-12(11)14-8-10/h2-5,7-9H,6H2,1H3. The van der Waals surface area contributed by atoms with E-state index in [0.717, 1.165) is 22.9 Å². The number of benzene rings is 1. The summed E-state index contributed by atoms with van der Waals surface area (Å²) in [5.41, 5.74) is 10.4. The predicted molar refractivity (Wildman–Crippen MR) is 64.1 cm³/mol. The molecular formula is C12H12N4. The van der Waals surface area contributed by atoms with Crippen LogP contribution in [0.1, 0.15) is 12.5 Å². The van der Waals surface area contributed by atoms with Crippen LogP contribution >= 0.6 is 0 Å². The lowest BCUT2D eigenvalue weighted by molar-refractivity contribution is 0.730. The van der Waals surface area contributed by atoms with E-state index in [0.29, 0.717) is 0 Å². The van der Waals surface area contributed by atoms with Gasteiger partial charge in [-0.25, -0.2) is 0 Å². The SMILES string of the molecule is CC(Cc1cnc2ccccc2c1)N=[N+]=[N-]. The molecule has 1 heterocycles. The quantitative estimate of drug-likeness (QED) is 0.436. The first-order valence-electron chi connectivity index (χ1n) is 5.17. The molecule has 0 aliphatic rings. The second kappa shape index (κ2) is 4.64. The number of hydrogen-bond acceptors (Lipinski definition) is 2. The van der Waals surface area contributed by atoms with Crippen molar-refractivity contribution in [3.05, 3.63) is 52.5 Å². The van der Waals surface area contributed by atoms with E-state index in [9.17, 15) is 0 Å². The van der Waals surface area contributed by atoms with Gasteiger partial charge in [-0.1, -0.05) is 30.2 Å². The molecule has 16 heavy (non-hydrogen) atoms. The van der Waals surface area contributed by atoms with Crippen LogP contribution in [-0.2, 0) is 6.42 Å². The zero-order valence-corrected chi connectivity index (χ0v) is 9.04. The number of azide groups is 1. The van der Waals surface area contributed by atoms with Crippen LogP contribution in [0.15, 0.2) is 41.6 Å². The Labute approximate surface area is 93.6 Å². The molecule has 2 rings (SSSR count). The molecule has 0 saturated carbocycles. The Hall–Kier alpha value is -2.06. The first-order chi connectivity index (χ1) is 7.79. The lowest BCUT2D eigenvalue weighted by atomic mass is 10.1. The van der Waals surface area contributed by atoms with Gasteiger partial charge in [0, 0.05) is 22.5 Å². The molecule has 0 aliphatic heterocycles. The smallest absolute Gasteiger partial charge is 0.0702 e. The van der Waals surface area contributed by atoms with Crippen LogP contribution < -0.4 is 0 Å². The summed E-state index contributed by atoms with van der Waals surface area (Å²) in [5, 5.41) is 4.77. The average Bonchev–Trinajstić information content (AvgIpc) is 2.29. The Bertz CT molecular complexity index is 543. The maximum Gasteiger partial charge on any atom is 0.0702 e. The van der Waals surface area contributed by atoms with Crippen LogP contribution in [0.5, 0.6) is 0 Å². The van der Waals surface area contributed by atoms with Crippen molar-refractivity contribution in [1.29, 1.82) is 0 Å². The van der Waals surface area contributed by atoms with Crippen LogP contribution in [0.2, 0.25) is 0 Å². The van der Waals surface area contributed by atoms with E-state index in [-0.39, 0.29) is 6.04 Å². The molecule has 0 saturated heterocycles. The van der Waals surface area contributed by atoms with Gasteiger partial charge in [-0.2, -0.15) is 0 Å².